The van der Waals surface area contributed by atoms with Gasteiger partial charge in [0.05, 0.1) is 0 Å². The number of rotatable bonds is 9. The Morgan fingerprint density at radius 2 is 1.80 bits per heavy atom. The summed E-state index contributed by atoms with van der Waals surface area (Å²) in [6, 6.07) is 0. The van der Waals surface area contributed by atoms with E-state index in [4.69, 9.17) is 5.11 Å². The second-order valence-corrected chi connectivity index (χ2v) is 5.20. The Labute approximate surface area is 122 Å². The molecule has 0 aliphatic rings. The molecule has 1 unspecified atom stereocenters. The highest BCUT2D eigenvalue weighted by molar-refractivity contribution is 5.57. The van der Waals surface area contributed by atoms with Crippen molar-refractivity contribution in [2.75, 3.05) is 30.3 Å². The molecular weight excluding hydrogens is 252 g/mol. The first kappa shape index (κ1) is 16.7. The van der Waals surface area contributed by atoms with Gasteiger partial charge in [-0.1, -0.05) is 13.8 Å². The fraction of sp³-hybridized carbons (Fsp3) is 0.733. The molecule has 0 amide bonds. The Hall–Kier alpha value is -1.36. The van der Waals surface area contributed by atoms with Crippen LogP contribution in [-0.2, 0) is 6.42 Å². The second-order valence-electron chi connectivity index (χ2n) is 5.20. The Kier molecular flexibility index (Phi) is 7.30. The van der Waals surface area contributed by atoms with Gasteiger partial charge < -0.3 is 15.7 Å². The van der Waals surface area contributed by atoms with Crippen molar-refractivity contribution in [1.82, 2.24) is 9.97 Å². The highest BCUT2D eigenvalue weighted by Crippen LogP contribution is 2.20. The predicted molar refractivity (Wildman–Crippen MR) is 84.3 cm³/mol. The molecule has 114 valence electrons. The van der Waals surface area contributed by atoms with Gasteiger partial charge in [-0.25, -0.2) is 9.97 Å². The van der Waals surface area contributed by atoms with Crippen molar-refractivity contribution in [3.05, 3.63) is 11.4 Å². The third-order valence-electron chi connectivity index (χ3n) is 3.33. The van der Waals surface area contributed by atoms with E-state index in [1.54, 1.807) is 0 Å². The lowest BCUT2D eigenvalue weighted by atomic mass is 10.1. The summed E-state index contributed by atoms with van der Waals surface area (Å²) in [5, 5.41) is 15.7. The van der Waals surface area contributed by atoms with E-state index in [2.05, 4.69) is 41.4 Å². The summed E-state index contributed by atoms with van der Waals surface area (Å²) in [5.41, 5.74) is 1.07. The zero-order valence-electron chi connectivity index (χ0n) is 13.2. The van der Waals surface area contributed by atoms with Crippen molar-refractivity contribution in [3.8, 4) is 0 Å². The summed E-state index contributed by atoms with van der Waals surface area (Å²) >= 11 is 0. The van der Waals surface area contributed by atoms with Gasteiger partial charge in [0.25, 0.3) is 0 Å². The molecule has 5 heteroatoms. The normalized spacial score (nSPS) is 12.2. The molecule has 1 aromatic heterocycles. The van der Waals surface area contributed by atoms with Gasteiger partial charge in [0.2, 0.25) is 0 Å². The first-order valence-corrected chi connectivity index (χ1v) is 7.58. The summed E-state index contributed by atoms with van der Waals surface area (Å²) in [6.07, 6.45) is 2.88. The second kappa shape index (κ2) is 8.74. The van der Waals surface area contributed by atoms with Gasteiger partial charge in [0, 0.05) is 31.7 Å². The lowest BCUT2D eigenvalue weighted by Crippen LogP contribution is -2.12. The predicted octanol–water partition coefficient (Wildman–Crippen LogP) is 2.60. The summed E-state index contributed by atoms with van der Waals surface area (Å²) < 4.78 is 0. The summed E-state index contributed by atoms with van der Waals surface area (Å²) in [7, 11) is 0. The molecule has 0 saturated heterocycles. The number of aliphatic hydroxyl groups is 1. The van der Waals surface area contributed by atoms with Crippen molar-refractivity contribution < 1.29 is 5.11 Å². The Morgan fingerprint density at radius 3 is 2.35 bits per heavy atom. The highest BCUT2D eigenvalue weighted by Gasteiger charge is 2.09. The van der Waals surface area contributed by atoms with Crippen LogP contribution in [0.25, 0.3) is 0 Å². The van der Waals surface area contributed by atoms with Gasteiger partial charge in [-0.3, -0.25) is 0 Å². The van der Waals surface area contributed by atoms with E-state index >= 15 is 0 Å². The Balaban J connectivity index is 2.65. The lowest BCUT2D eigenvalue weighted by Gasteiger charge is -2.14. The molecule has 5 nitrogen and oxygen atoms in total. The third-order valence-corrected chi connectivity index (χ3v) is 3.33. The first-order chi connectivity index (χ1) is 9.62. The van der Waals surface area contributed by atoms with Gasteiger partial charge >= 0.3 is 0 Å². The van der Waals surface area contributed by atoms with E-state index in [1.807, 2.05) is 6.92 Å². The van der Waals surface area contributed by atoms with Crippen LogP contribution in [0.15, 0.2) is 0 Å². The molecule has 3 N–H and O–H groups in total. The molecule has 0 saturated carbocycles. The zero-order valence-corrected chi connectivity index (χ0v) is 13.2. The van der Waals surface area contributed by atoms with Crippen LogP contribution in [0.5, 0.6) is 0 Å². The van der Waals surface area contributed by atoms with Crippen LogP contribution in [0.2, 0.25) is 0 Å². The Morgan fingerprint density at radius 1 is 1.15 bits per heavy atom. The van der Waals surface area contributed by atoms with E-state index < -0.39 is 0 Å². The van der Waals surface area contributed by atoms with Crippen LogP contribution >= 0.6 is 0 Å². The maximum absolute atomic E-state index is 9.01. The molecule has 0 fully saturated rings. The number of aryl methyl sites for hydroxylation is 1. The van der Waals surface area contributed by atoms with Crippen LogP contribution in [0.4, 0.5) is 11.6 Å². The summed E-state index contributed by atoms with van der Waals surface area (Å²) in [6.45, 7) is 10.2. The van der Waals surface area contributed by atoms with Crippen molar-refractivity contribution >= 4 is 11.6 Å². The lowest BCUT2D eigenvalue weighted by molar-refractivity contribution is 0.229. The largest absolute Gasteiger partial charge is 0.396 e. The third kappa shape index (κ3) is 4.96. The molecule has 20 heavy (non-hydrogen) atoms. The average molecular weight is 280 g/mol. The van der Waals surface area contributed by atoms with Gasteiger partial charge in [-0.15, -0.1) is 0 Å². The van der Waals surface area contributed by atoms with E-state index in [0.29, 0.717) is 5.92 Å². The van der Waals surface area contributed by atoms with Crippen LogP contribution in [0, 0.1) is 12.8 Å². The first-order valence-electron chi connectivity index (χ1n) is 7.58. The number of hydrogen-bond acceptors (Lipinski definition) is 5. The highest BCUT2D eigenvalue weighted by atomic mass is 16.3. The summed E-state index contributed by atoms with van der Waals surface area (Å²) in [5.74, 6) is 3.07. The molecule has 1 heterocycles. The molecule has 1 atom stereocenters. The number of aromatic nitrogens is 2. The minimum atomic E-state index is 0.261. The SMILES string of the molecule is CCNc1nc(CC)nc(NCCCC(C)CO)c1C. The van der Waals surface area contributed by atoms with E-state index in [1.165, 1.54) is 0 Å². The maximum atomic E-state index is 9.01. The van der Waals surface area contributed by atoms with Crippen LogP contribution in [0.1, 0.15) is 45.0 Å². The van der Waals surface area contributed by atoms with Gasteiger partial charge in [-0.2, -0.15) is 0 Å². The fourth-order valence-electron chi connectivity index (χ4n) is 1.98. The number of nitrogens with zero attached hydrogens (tertiary/aromatic N) is 2. The summed E-state index contributed by atoms with van der Waals surface area (Å²) in [4.78, 5) is 9.07. The van der Waals surface area contributed by atoms with E-state index in [9.17, 15) is 0 Å². The van der Waals surface area contributed by atoms with Crippen molar-refractivity contribution in [3.63, 3.8) is 0 Å². The van der Waals surface area contributed by atoms with E-state index in [-0.39, 0.29) is 6.61 Å². The molecular formula is C15H28N4O. The van der Waals surface area contributed by atoms with Crippen LogP contribution in [0.3, 0.4) is 0 Å². The van der Waals surface area contributed by atoms with Gasteiger partial charge in [-0.05, 0) is 32.6 Å². The molecule has 0 spiro atoms. The quantitative estimate of drug-likeness (QED) is 0.607. The van der Waals surface area contributed by atoms with E-state index in [0.717, 1.165) is 55.4 Å². The molecule has 0 aliphatic heterocycles. The van der Waals surface area contributed by atoms with Gasteiger partial charge in [0.15, 0.2) is 0 Å². The fourth-order valence-corrected chi connectivity index (χ4v) is 1.98. The molecule has 1 aromatic rings. The maximum Gasteiger partial charge on any atom is 0.134 e. The molecule has 0 aromatic carbocycles. The molecule has 0 bridgehead atoms. The number of anilines is 2. The Bertz CT molecular complexity index is 409. The minimum Gasteiger partial charge on any atom is -0.396 e. The van der Waals surface area contributed by atoms with Crippen molar-refractivity contribution in [2.24, 2.45) is 5.92 Å². The molecule has 0 aliphatic carbocycles. The van der Waals surface area contributed by atoms with Crippen molar-refractivity contribution in [2.45, 2.75) is 47.0 Å². The standard InChI is InChI=1S/C15H28N4O/c1-5-13-18-14(16-6-2)12(4)15(19-13)17-9-7-8-11(3)10-20/h11,20H,5-10H2,1-4H3,(H2,16,17,18,19). The number of hydrogen-bond donors (Lipinski definition) is 3. The minimum absolute atomic E-state index is 0.261. The average Bonchev–Trinajstić information content (AvgIpc) is 2.46. The zero-order chi connectivity index (χ0) is 15.0. The monoisotopic (exact) mass is 280 g/mol. The number of aliphatic hydroxyl groups excluding tert-OH is 1. The molecule has 1 rings (SSSR count). The smallest absolute Gasteiger partial charge is 0.134 e. The van der Waals surface area contributed by atoms with Crippen LogP contribution < -0.4 is 10.6 Å². The van der Waals surface area contributed by atoms with Gasteiger partial charge in [0.1, 0.15) is 17.5 Å². The topological polar surface area (TPSA) is 70.1 Å². The van der Waals surface area contributed by atoms with Crippen LogP contribution in [-0.4, -0.2) is 34.8 Å². The van der Waals surface area contributed by atoms with Crippen molar-refractivity contribution in [1.29, 1.82) is 0 Å². The number of nitrogens with one attached hydrogen (secondary N) is 2. The molecule has 0 radical (unpaired) electrons.